The number of benzene rings is 2. The molecule has 0 radical (unpaired) electrons. The lowest BCUT2D eigenvalue weighted by Gasteiger charge is -2.20. The highest BCUT2D eigenvalue weighted by Crippen LogP contribution is 2.24. The second-order valence-electron chi connectivity index (χ2n) is 6.05. The van der Waals surface area contributed by atoms with Crippen LogP contribution < -0.4 is 5.32 Å². The Labute approximate surface area is 157 Å². The first-order chi connectivity index (χ1) is 12.4. The molecule has 2 aromatic carbocycles. The monoisotopic (exact) mass is 388 g/mol. The van der Waals surface area contributed by atoms with Gasteiger partial charge in [-0.25, -0.2) is 8.42 Å². The minimum atomic E-state index is -3.63. The Hall–Kier alpha value is -2.22. The predicted octanol–water partition coefficient (Wildman–Crippen LogP) is 3.40. The van der Waals surface area contributed by atoms with Gasteiger partial charge in [-0.05, 0) is 34.7 Å². The Morgan fingerprint density at radius 3 is 2.58 bits per heavy atom. The average Bonchev–Trinajstić information content (AvgIpc) is 3.16. The van der Waals surface area contributed by atoms with E-state index >= 15 is 0 Å². The van der Waals surface area contributed by atoms with E-state index in [0.717, 1.165) is 32.0 Å². The van der Waals surface area contributed by atoms with Crippen LogP contribution in [0, 0.1) is 0 Å². The van der Waals surface area contributed by atoms with Crippen LogP contribution >= 0.6 is 11.3 Å². The maximum atomic E-state index is 12.4. The van der Waals surface area contributed by atoms with Crippen molar-refractivity contribution in [3.05, 3.63) is 65.5 Å². The summed E-state index contributed by atoms with van der Waals surface area (Å²) in [4.78, 5) is 12.4. The van der Waals surface area contributed by atoms with Gasteiger partial charge in [-0.15, -0.1) is 11.3 Å². The quantitative estimate of drug-likeness (QED) is 0.704. The largest absolute Gasteiger partial charge is 0.348 e. The molecule has 7 heteroatoms. The number of nitrogens with one attached hydrogen (secondary N) is 1. The standard InChI is InChI=1S/C19H20N2O3S2/c1-14(16-10-5-8-15-7-3-4-9-17(15)16)20-18(22)13-21(2)26(23,24)19-11-6-12-25-19/h3-12,14H,13H2,1-2H3,(H,20,22). The fourth-order valence-electron chi connectivity index (χ4n) is 2.84. The minimum Gasteiger partial charge on any atom is -0.348 e. The van der Waals surface area contributed by atoms with Gasteiger partial charge in [0.15, 0.2) is 0 Å². The third-order valence-electron chi connectivity index (χ3n) is 4.19. The smallest absolute Gasteiger partial charge is 0.252 e. The Balaban J connectivity index is 1.71. The van der Waals surface area contributed by atoms with Gasteiger partial charge in [0.05, 0.1) is 12.6 Å². The number of nitrogens with zero attached hydrogens (tertiary/aromatic N) is 1. The van der Waals surface area contributed by atoms with Gasteiger partial charge in [-0.2, -0.15) is 4.31 Å². The number of thiophene rings is 1. The van der Waals surface area contributed by atoms with E-state index in [1.54, 1.807) is 11.4 Å². The molecule has 1 unspecified atom stereocenters. The van der Waals surface area contributed by atoms with Crippen LogP contribution in [0.15, 0.2) is 64.2 Å². The lowest BCUT2D eigenvalue weighted by molar-refractivity contribution is -0.121. The minimum absolute atomic E-state index is 0.227. The molecule has 0 aliphatic carbocycles. The molecule has 0 saturated carbocycles. The van der Waals surface area contributed by atoms with Gasteiger partial charge in [0.25, 0.3) is 10.0 Å². The fraction of sp³-hybridized carbons (Fsp3) is 0.211. The van der Waals surface area contributed by atoms with Crippen molar-refractivity contribution in [3.63, 3.8) is 0 Å². The Bertz CT molecular complexity index is 1010. The topological polar surface area (TPSA) is 66.5 Å². The van der Waals surface area contributed by atoms with Crippen LogP contribution in [0.2, 0.25) is 0 Å². The molecule has 0 aliphatic rings. The van der Waals surface area contributed by atoms with E-state index in [1.165, 1.54) is 13.1 Å². The molecule has 1 N–H and O–H groups in total. The van der Waals surface area contributed by atoms with Crippen molar-refractivity contribution in [3.8, 4) is 0 Å². The van der Waals surface area contributed by atoms with E-state index in [-0.39, 0.29) is 22.7 Å². The van der Waals surface area contributed by atoms with E-state index < -0.39 is 10.0 Å². The van der Waals surface area contributed by atoms with Gasteiger partial charge in [0.2, 0.25) is 5.91 Å². The highest BCUT2D eigenvalue weighted by atomic mass is 32.2. The normalized spacial score (nSPS) is 13.0. The van der Waals surface area contributed by atoms with Crippen LogP contribution in [0.3, 0.4) is 0 Å². The van der Waals surface area contributed by atoms with Crippen LogP contribution in [-0.4, -0.2) is 32.2 Å². The van der Waals surface area contributed by atoms with Crippen molar-refractivity contribution in [2.24, 2.45) is 0 Å². The molecule has 1 atom stereocenters. The van der Waals surface area contributed by atoms with Crippen molar-refractivity contribution in [1.29, 1.82) is 0 Å². The zero-order valence-corrected chi connectivity index (χ0v) is 16.2. The van der Waals surface area contributed by atoms with E-state index in [1.807, 2.05) is 49.4 Å². The Kier molecular flexibility index (Phi) is 5.41. The highest BCUT2D eigenvalue weighted by Gasteiger charge is 2.24. The van der Waals surface area contributed by atoms with E-state index in [9.17, 15) is 13.2 Å². The molecule has 1 amide bonds. The second kappa shape index (κ2) is 7.57. The molecular formula is C19H20N2O3S2. The summed E-state index contributed by atoms with van der Waals surface area (Å²) in [5.74, 6) is -0.340. The molecule has 3 rings (SSSR count). The molecule has 5 nitrogen and oxygen atoms in total. The van der Waals surface area contributed by atoms with Gasteiger partial charge in [0.1, 0.15) is 4.21 Å². The van der Waals surface area contributed by atoms with Crippen molar-refractivity contribution in [2.75, 3.05) is 13.6 Å². The molecule has 1 heterocycles. The van der Waals surface area contributed by atoms with Gasteiger partial charge in [-0.1, -0.05) is 48.5 Å². The van der Waals surface area contributed by atoms with Crippen molar-refractivity contribution in [1.82, 2.24) is 9.62 Å². The fourth-order valence-corrected chi connectivity index (χ4v) is 5.17. The average molecular weight is 389 g/mol. The first-order valence-electron chi connectivity index (χ1n) is 8.16. The lowest BCUT2D eigenvalue weighted by atomic mass is 10.00. The van der Waals surface area contributed by atoms with Crippen LogP contribution in [0.1, 0.15) is 18.5 Å². The number of hydrogen-bond acceptors (Lipinski definition) is 4. The number of carbonyl (C=O) groups is 1. The van der Waals surface area contributed by atoms with Gasteiger partial charge in [0, 0.05) is 7.05 Å². The van der Waals surface area contributed by atoms with Crippen molar-refractivity contribution in [2.45, 2.75) is 17.2 Å². The number of hydrogen-bond donors (Lipinski definition) is 1. The zero-order valence-electron chi connectivity index (χ0n) is 14.5. The van der Waals surface area contributed by atoms with Gasteiger partial charge in [-0.3, -0.25) is 4.79 Å². The van der Waals surface area contributed by atoms with Crippen LogP contribution in [-0.2, 0) is 14.8 Å². The molecule has 26 heavy (non-hydrogen) atoms. The Morgan fingerprint density at radius 2 is 1.85 bits per heavy atom. The Morgan fingerprint density at radius 1 is 1.12 bits per heavy atom. The molecule has 1 aromatic heterocycles. The summed E-state index contributed by atoms with van der Waals surface area (Å²) >= 11 is 1.14. The first-order valence-corrected chi connectivity index (χ1v) is 10.5. The summed E-state index contributed by atoms with van der Waals surface area (Å²) < 4.78 is 26.1. The summed E-state index contributed by atoms with van der Waals surface area (Å²) in [5, 5.41) is 6.76. The number of fused-ring (bicyclic) bond motifs is 1. The predicted molar refractivity (Wildman–Crippen MR) is 105 cm³/mol. The molecule has 3 aromatic rings. The summed E-state index contributed by atoms with van der Waals surface area (Å²) in [7, 11) is -2.22. The zero-order chi connectivity index (χ0) is 18.7. The molecule has 0 fully saturated rings. The second-order valence-corrected chi connectivity index (χ2v) is 9.27. The molecule has 0 spiro atoms. The van der Waals surface area contributed by atoms with Gasteiger partial charge >= 0.3 is 0 Å². The number of rotatable bonds is 6. The number of likely N-dealkylation sites (N-methyl/N-ethyl adjacent to an activating group) is 1. The van der Waals surface area contributed by atoms with E-state index in [2.05, 4.69) is 5.32 Å². The summed E-state index contributed by atoms with van der Waals surface area (Å²) in [6, 6.07) is 16.9. The number of sulfonamides is 1. The molecular weight excluding hydrogens is 368 g/mol. The summed E-state index contributed by atoms with van der Waals surface area (Å²) in [6.07, 6.45) is 0. The van der Waals surface area contributed by atoms with Gasteiger partial charge < -0.3 is 5.32 Å². The maximum absolute atomic E-state index is 12.4. The maximum Gasteiger partial charge on any atom is 0.252 e. The third kappa shape index (κ3) is 3.80. The highest BCUT2D eigenvalue weighted by molar-refractivity contribution is 7.91. The molecule has 136 valence electrons. The van der Waals surface area contributed by atoms with E-state index in [0.29, 0.717) is 0 Å². The summed E-state index contributed by atoms with van der Waals surface area (Å²) in [5.41, 5.74) is 1.00. The van der Waals surface area contributed by atoms with Crippen molar-refractivity contribution < 1.29 is 13.2 Å². The number of carbonyl (C=O) groups excluding carboxylic acids is 1. The number of amides is 1. The molecule has 0 bridgehead atoms. The van der Waals surface area contributed by atoms with E-state index in [4.69, 9.17) is 0 Å². The van der Waals surface area contributed by atoms with Crippen LogP contribution in [0.4, 0.5) is 0 Å². The van der Waals surface area contributed by atoms with Crippen molar-refractivity contribution >= 4 is 38.0 Å². The first kappa shape index (κ1) is 18.6. The van der Waals surface area contributed by atoms with Crippen LogP contribution in [0.25, 0.3) is 10.8 Å². The molecule has 0 saturated heterocycles. The molecule has 0 aliphatic heterocycles. The third-order valence-corrected chi connectivity index (χ3v) is 7.37. The SMILES string of the molecule is CC(NC(=O)CN(C)S(=O)(=O)c1cccs1)c1cccc2ccccc12. The van der Waals surface area contributed by atoms with Crippen LogP contribution in [0.5, 0.6) is 0 Å². The lowest BCUT2D eigenvalue weighted by Crippen LogP contribution is -2.39. The summed E-state index contributed by atoms with van der Waals surface area (Å²) in [6.45, 7) is 1.67.